The molecule has 0 atom stereocenters. The molecule has 0 spiro atoms. The Bertz CT molecular complexity index is 531. The lowest BCUT2D eigenvalue weighted by Crippen LogP contribution is -2.15. The van der Waals surface area contributed by atoms with Crippen LogP contribution in [-0.2, 0) is 27.5 Å². The third-order valence-electron chi connectivity index (χ3n) is 2.74. The molecule has 1 aromatic carbocycles. The summed E-state index contributed by atoms with van der Waals surface area (Å²) in [6, 6.07) is 4.90. The molecule has 0 aromatic heterocycles. The van der Waals surface area contributed by atoms with Crippen LogP contribution in [-0.4, -0.2) is 25.2 Å². The molecule has 16 heavy (non-hydrogen) atoms. The van der Waals surface area contributed by atoms with Gasteiger partial charge in [-0.15, -0.1) is 0 Å². The normalized spacial score (nSPS) is 14.8. The SMILES string of the molecule is O=C(O)CS(=O)(=O)c1ccc2c(c1)CCC2. The van der Waals surface area contributed by atoms with Gasteiger partial charge >= 0.3 is 5.97 Å². The maximum atomic E-state index is 11.7. The number of carboxylic acids is 1. The average Bonchev–Trinajstić information content (AvgIpc) is 2.61. The second kappa shape index (κ2) is 3.90. The van der Waals surface area contributed by atoms with Crippen LogP contribution in [0.1, 0.15) is 17.5 Å². The van der Waals surface area contributed by atoms with Crippen LogP contribution < -0.4 is 0 Å². The molecule has 0 saturated carbocycles. The molecule has 0 radical (unpaired) electrons. The predicted molar refractivity (Wildman–Crippen MR) is 58.2 cm³/mol. The number of carboxylic acid groups (broad SMARTS) is 1. The van der Waals surface area contributed by atoms with Crippen LogP contribution in [0.2, 0.25) is 0 Å². The van der Waals surface area contributed by atoms with Gasteiger partial charge in [-0.3, -0.25) is 4.79 Å². The average molecular weight is 240 g/mol. The lowest BCUT2D eigenvalue weighted by molar-refractivity contribution is -0.134. The van der Waals surface area contributed by atoms with E-state index in [1.165, 1.54) is 11.6 Å². The van der Waals surface area contributed by atoms with E-state index in [-0.39, 0.29) is 4.90 Å². The molecule has 1 N–H and O–H groups in total. The smallest absolute Gasteiger partial charge is 0.319 e. The first kappa shape index (κ1) is 11.1. The van der Waals surface area contributed by atoms with Crippen molar-refractivity contribution in [3.05, 3.63) is 29.3 Å². The highest BCUT2D eigenvalue weighted by atomic mass is 32.2. The van der Waals surface area contributed by atoms with Gasteiger partial charge in [0.15, 0.2) is 15.6 Å². The molecule has 0 heterocycles. The Labute approximate surface area is 93.8 Å². The highest BCUT2D eigenvalue weighted by Gasteiger charge is 2.21. The maximum Gasteiger partial charge on any atom is 0.319 e. The van der Waals surface area contributed by atoms with Gasteiger partial charge in [0.25, 0.3) is 0 Å². The zero-order chi connectivity index (χ0) is 11.8. The number of rotatable bonds is 3. The minimum Gasteiger partial charge on any atom is -0.480 e. The zero-order valence-electron chi connectivity index (χ0n) is 8.64. The van der Waals surface area contributed by atoms with Gasteiger partial charge < -0.3 is 5.11 Å². The number of sulfone groups is 1. The Morgan fingerprint density at radius 3 is 2.62 bits per heavy atom. The van der Waals surface area contributed by atoms with Crippen molar-refractivity contribution in [2.45, 2.75) is 24.2 Å². The van der Waals surface area contributed by atoms with Crippen molar-refractivity contribution < 1.29 is 18.3 Å². The van der Waals surface area contributed by atoms with Gasteiger partial charge in [0, 0.05) is 0 Å². The number of hydrogen-bond acceptors (Lipinski definition) is 3. The summed E-state index contributed by atoms with van der Waals surface area (Å²) in [7, 11) is -3.68. The van der Waals surface area contributed by atoms with E-state index in [1.807, 2.05) is 0 Å². The second-order valence-corrected chi connectivity index (χ2v) is 5.93. The number of aliphatic carboxylic acids is 1. The summed E-state index contributed by atoms with van der Waals surface area (Å²) in [5.41, 5.74) is 2.21. The molecule has 1 aromatic rings. The summed E-state index contributed by atoms with van der Waals surface area (Å²) in [4.78, 5) is 10.6. The molecule has 0 fully saturated rings. The highest BCUT2D eigenvalue weighted by molar-refractivity contribution is 7.92. The molecule has 1 aliphatic rings. The minimum absolute atomic E-state index is 0.121. The number of carbonyl (C=O) groups is 1. The lowest BCUT2D eigenvalue weighted by atomic mass is 10.1. The molecular weight excluding hydrogens is 228 g/mol. The molecule has 0 unspecified atom stereocenters. The van der Waals surface area contributed by atoms with E-state index >= 15 is 0 Å². The molecule has 0 saturated heterocycles. The van der Waals surface area contributed by atoms with Gasteiger partial charge in [-0.1, -0.05) is 6.07 Å². The molecule has 0 bridgehead atoms. The van der Waals surface area contributed by atoms with Crippen LogP contribution in [0.4, 0.5) is 0 Å². The van der Waals surface area contributed by atoms with Gasteiger partial charge in [-0.2, -0.15) is 0 Å². The topological polar surface area (TPSA) is 71.4 Å². The van der Waals surface area contributed by atoms with E-state index in [2.05, 4.69) is 0 Å². The molecule has 0 aliphatic heterocycles. The quantitative estimate of drug-likeness (QED) is 0.856. The first-order valence-electron chi connectivity index (χ1n) is 5.05. The molecule has 1 aliphatic carbocycles. The fourth-order valence-electron chi connectivity index (χ4n) is 1.99. The van der Waals surface area contributed by atoms with Gasteiger partial charge in [0.2, 0.25) is 0 Å². The highest BCUT2D eigenvalue weighted by Crippen LogP contribution is 2.25. The first-order valence-corrected chi connectivity index (χ1v) is 6.70. The summed E-state index contributed by atoms with van der Waals surface area (Å²) in [5, 5.41) is 8.52. The van der Waals surface area contributed by atoms with E-state index < -0.39 is 21.6 Å². The standard InChI is InChI=1S/C11H12O4S/c12-11(13)7-16(14,15)10-5-4-8-2-1-3-9(8)6-10/h4-6H,1-3,7H2,(H,12,13). The molecule has 0 amide bonds. The molecule has 2 rings (SSSR count). The fraction of sp³-hybridized carbons (Fsp3) is 0.364. The lowest BCUT2D eigenvalue weighted by Gasteiger charge is -2.04. The van der Waals surface area contributed by atoms with E-state index in [0.717, 1.165) is 24.8 Å². The van der Waals surface area contributed by atoms with E-state index in [0.29, 0.717) is 0 Å². The second-order valence-electron chi connectivity index (χ2n) is 3.94. The largest absolute Gasteiger partial charge is 0.480 e. The van der Waals surface area contributed by atoms with Crippen molar-refractivity contribution in [3.8, 4) is 0 Å². The van der Waals surface area contributed by atoms with Crippen LogP contribution in [0, 0.1) is 0 Å². The van der Waals surface area contributed by atoms with Crippen LogP contribution in [0.15, 0.2) is 23.1 Å². The van der Waals surface area contributed by atoms with Crippen LogP contribution in [0.25, 0.3) is 0 Å². The van der Waals surface area contributed by atoms with Crippen LogP contribution in [0.5, 0.6) is 0 Å². The zero-order valence-corrected chi connectivity index (χ0v) is 9.46. The predicted octanol–water partition coefficient (Wildman–Crippen LogP) is 1.03. The number of benzene rings is 1. The molecule has 86 valence electrons. The van der Waals surface area contributed by atoms with Crippen LogP contribution >= 0.6 is 0 Å². The Balaban J connectivity index is 2.38. The van der Waals surface area contributed by atoms with E-state index in [9.17, 15) is 13.2 Å². The molecular formula is C11H12O4S. The monoisotopic (exact) mass is 240 g/mol. The van der Waals surface area contributed by atoms with Crippen molar-refractivity contribution in [1.82, 2.24) is 0 Å². The van der Waals surface area contributed by atoms with Crippen molar-refractivity contribution in [3.63, 3.8) is 0 Å². The van der Waals surface area contributed by atoms with Gasteiger partial charge in [-0.05, 0) is 42.5 Å². The van der Waals surface area contributed by atoms with E-state index in [1.54, 1.807) is 12.1 Å². The van der Waals surface area contributed by atoms with Gasteiger partial charge in [0.1, 0.15) is 0 Å². The van der Waals surface area contributed by atoms with Crippen molar-refractivity contribution in [2.75, 3.05) is 5.75 Å². The summed E-state index contributed by atoms with van der Waals surface area (Å²) >= 11 is 0. The van der Waals surface area contributed by atoms with Crippen molar-refractivity contribution >= 4 is 15.8 Å². The molecule has 4 nitrogen and oxygen atoms in total. The van der Waals surface area contributed by atoms with E-state index in [4.69, 9.17) is 5.11 Å². The van der Waals surface area contributed by atoms with Gasteiger partial charge in [-0.25, -0.2) is 8.42 Å². The van der Waals surface area contributed by atoms with Crippen molar-refractivity contribution in [2.24, 2.45) is 0 Å². The number of hydrogen-bond donors (Lipinski definition) is 1. The number of fused-ring (bicyclic) bond motifs is 1. The number of aryl methyl sites for hydroxylation is 2. The summed E-state index contributed by atoms with van der Waals surface area (Å²) in [6.45, 7) is 0. The summed E-state index contributed by atoms with van der Waals surface area (Å²) in [6.07, 6.45) is 2.90. The van der Waals surface area contributed by atoms with Crippen LogP contribution in [0.3, 0.4) is 0 Å². The third kappa shape index (κ3) is 2.09. The van der Waals surface area contributed by atoms with Crippen molar-refractivity contribution in [1.29, 1.82) is 0 Å². The fourth-order valence-corrected chi connectivity index (χ4v) is 3.08. The first-order chi connectivity index (χ1) is 7.49. The maximum absolute atomic E-state index is 11.7. The summed E-state index contributed by atoms with van der Waals surface area (Å²) in [5.74, 6) is -2.16. The third-order valence-corrected chi connectivity index (χ3v) is 4.34. The Kier molecular flexibility index (Phi) is 2.71. The Hall–Kier alpha value is -1.36. The minimum atomic E-state index is -3.68. The Morgan fingerprint density at radius 2 is 1.94 bits per heavy atom. The van der Waals surface area contributed by atoms with Gasteiger partial charge in [0.05, 0.1) is 4.90 Å². The Morgan fingerprint density at radius 1 is 1.25 bits per heavy atom. The molecule has 5 heteroatoms. The summed E-state index contributed by atoms with van der Waals surface area (Å²) < 4.78 is 23.3.